The molecule has 2 aromatic rings. The predicted octanol–water partition coefficient (Wildman–Crippen LogP) is 3.40. The van der Waals surface area contributed by atoms with E-state index in [4.69, 9.17) is 5.73 Å². The summed E-state index contributed by atoms with van der Waals surface area (Å²) in [7, 11) is 0. The number of hydrogen-bond donors (Lipinski definition) is 2. The number of anilines is 1. The van der Waals surface area contributed by atoms with Crippen molar-refractivity contribution in [2.24, 2.45) is 5.73 Å². The van der Waals surface area contributed by atoms with Crippen molar-refractivity contribution in [2.45, 2.75) is 19.9 Å². The molecule has 1 amide bonds. The lowest BCUT2D eigenvalue weighted by Gasteiger charge is -2.10. The lowest BCUT2D eigenvalue weighted by molar-refractivity contribution is -0.115. The van der Waals surface area contributed by atoms with E-state index >= 15 is 0 Å². The van der Waals surface area contributed by atoms with Gasteiger partial charge in [-0.05, 0) is 51.7 Å². The second-order valence-electron chi connectivity index (χ2n) is 4.68. The van der Waals surface area contributed by atoms with Gasteiger partial charge >= 0.3 is 0 Å². The summed E-state index contributed by atoms with van der Waals surface area (Å²) < 4.78 is 0.878. The summed E-state index contributed by atoms with van der Waals surface area (Å²) in [6, 6.07) is 13.6. The number of aryl methyl sites for hydroxylation is 1. The Balaban J connectivity index is 2.11. The summed E-state index contributed by atoms with van der Waals surface area (Å²) in [6.07, 6.45) is 0.327. The third-order valence-electron chi connectivity index (χ3n) is 3.09. The minimum absolute atomic E-state index is 0.0443. The van der Waals surface area contributed by atoms with Crippen LogP contribution >= 0.6 is 15.9 Å². The first kappa shape index (κ1) is 14.8. The lowest BCUT2D eigenvalue weighted by atomic mass is 10.0. The van der Waals surface area contributed by atoms with E-state index in [1.807, 2.05) is 49.4 Å². The van der Waals surface area contributed by atoms with Crippen LogP contribution in [0.5, 0.6) is 0 Å². The van der Waals surface area contributed by atoms with E-state index in [0.717, 1.165) is 26.9 Å². The Bertz CT molecular complexity index is 626. The fourth-order valence-electron chi connectivity index (χ4n) is 2.03. The van der Waals surface area contributed by atoms with Crippen LogP contribution in [0.2, 0.25) is 0 Å². The van der Waals surface area contributed by atoms with Gasteiger partial charge in [-0.25, -0.2) is 0 Å². The molecule has 0 unspecified atom stereocenters. The minimum Gasteiger partial charge on any atom is -0.326 e. The molecule has 3 nitrogen and oxygen atoms in total. The number of rotatable bonds is 4. The van der Waals surface area contributed by atoms with Gasteiger partial charge in [0.1, 0.15) is 0 Å². The first-order valence-electron chi connectivity index (χ1n) is 6.43. The van der Waals surface area contributed by atoms with Crippen molar-refractivity contribution in [3.05, 3.63) is 63.6 Å². The molecule has 0 spiro atoms. The highest BCUT2D eigenvalue weighted by Crippen LogP contribution is 2.23. The van der Waals surface area contributed by atoms with E-state index in [1.54, 1.807) is 0 Å². The van der Waals surface area contributed by atoms with E-state index in [-0.39, 0.29) is 5.91 Å². The smallest absolute Gasteiger partial charge is 0.228 e. The molecule has 0 radical (unpaired) electrons. The Morgan fingerprint density at radius 1 is 1.20 bits per heavy atom. The second-order valence-corrected chi connectivity index (χ2v) is 5.54. The fraction of sp³-hybridized carbons (Fsp3) is 0.188. The van der Waals surface area contributed by atoms with Gasteiger partial charge in [0, 0.05) is 11.0 Å². The maximum atomic E-state index is 12.1. The number of halogens is 1. The molecule has 2 rings (SSSR count). The zero-order valence-corrected chi connectivity index (χ0v) is 12.9. The molecule has 2 aromatic carbocycles. The number of benzene rings is 2. The van der Waals surface area contributed by atoms with E-state index in [2.05, 4.69) is 21.2 Å². The van der Waals surface area contributed by atoms with Gasteiger partial charge in [0.05, 0.1) is 12.1 Å². The fourth-order valence-corrected chi connectivity index (χ4v) is 2.38. The average molecular weight is 333 g/mol. The molecule has 0 aliphatic rings. The standard InChI is InChI=1S/C16H17BrN2O/c1-11-6-7-14(17)15(8-11)19-16(20)9-12-4-2-3-5-13(12)10-18/h2-8H,9-10,18H2,1H3,(H,19,20). The SMILES string of the molecule is Cc1ccc(Br)c(NC(=O)Cc2ccccc2CN)c1. The number of amides is 1. The van der Waals surface area contributed by atoms with Crippen LogP contribution in [0.25, 0.3) is 0 Å². The summed E-state index contributed by atoms with van der Waals surface area (Å²) in [4.78, 5) is 12.1. The van der Waals surface area contributed by atoms with Gasteiger partial charge in [0.15, 0.2) is 0 Å². The summed E-state index contributed by atoms with van der Waals surface area (Å²) >= 11 is 3.44. The summed E-state index contributed by atoms with van der Waals surface area (Å²) in [5.41, 5.74) is 9.55. The van der Waals surface area contributed by atoms with Crippen molar-refractivity contribution >= 4 is 27.5 Å². The number of carbonyl (C=O) groups is 1. The first-order valence-corrected chi connectivity index (χ1v) is 7.22. The van der Waals surface area contributed by atoms with Crippen molar-refractivity contribution in [3.63, 3.8) is 0 Å². The van der Waals surface area contributed by atoms with Crippen LogP contribution in [-0.2, 0) is 17.8 Å². The molecule has 0 bridgehead atoms. The first-order chi connectivity index (χ1) is 9.60. The van der Waals surface area contributed by atoms with Gasteiger partial charge in [0.25, 0.3) is 0 Å². The summed E-state index contributed by atoms with van der Waals surface area (Å²) in [6.45, 7) is 2.43. The van der Waals surface area contributed by atoms with Gasteiger partial charge < -0.3 is 11.1 Å². The summed E-state index contributed by atoms with van der Waals surface area (Å²) in [5, 5.41) is 2.92. The van der Waals surface area contributed by atoms with Gasteiger partial charge in [-0.3, -0.25) is 4.79 Å². The number of nitrogens with two attached hydrogens (primary N) is 1. The average Bonchev–Trinajstić information content (AvgIpc) is 2.43. The summed E-state index contributed by atoms with van der Waals surface area (Å²) in [5.74, 6) is -0.0443. The molecule has 3 N–H and O–H groups in total. The molecule has 0 atom stereocenters. The quantitative estimate of drug-likeness (QED) is 0.901. The molecule has 0 saturated heterocycles. The molecule has 0 saturated carbocycles. The van der Waals surface area contributed by atoms with Crippen LogP contribution in [0.3, 0.4) is 0 Å². The molecule has 104 valence electrons. The Kier molecular flexibility index (Phi) is 4.93. The van der Waals surface area contributed by atoms with Crippen molar-refractivity contribution in [1.29, 1.82) is 0 Å². The predicted molar refractivity (Wildman–Crippen MR) is 85.5 cm³/mol. The Morgan fingerprint density at radius 2 is 1.90 bits per heavy atom. The van der Waals surface area contributed by atoms with Gasteiger partial charge in [0.2, 0.25) is 5.91 Å². The maximum absolute atomic E-state index is 12.1. The molecular formula is C16H17BrN2O. The van der Waals surface area contributed by atoms with Crippen LogP contribution in [0.1, 0.15) is 16.7 Å². The van der Waals surface area contributed by atoms with Crippen molar-refractivity contribution < 1.29 is 4.79 Å². The highest BCUT2D eigenvalue weighted by molar-refractivity contribution is 9.10. The van der Waals surface area contributed by atoms with Gasteiger partial charge in [-0.2, -0.15) is 0 Å². The highest BCUT2D eigenvalue weighted by atomic mass is 79.9. The topological polar surface area (TPSA) is 55.1 Å². The van der Waals surface area contributed by atoms with Crippen molar-refractivity contribution in [1.82, 2.24) is 0 Å². The second kappa shape index (κ2) is 6.68. The Hall–Kier alpha value is -1.65. The van der Waals surface area contributed by atoms with Crippen molar-refractivity contribution in [3.8, 4) is 0 Å². The van der Waals surface area contributed by atoms with E-state index in [0.29, 0.717) is 13.0 Å². The molecule has 0 heterocycles. The lowest BCUT2D eigenvalue weighted by Crippen LogP contribution is -2.16. The van der Waals surface area contributed by atoms with Crippen LogP contribution in [-0.4, -0.2) is 5.91 Å². The van der Waals surface area contributed by atoms with Gasteiger partial charge in [-0.15, -0.1) is 0 Å². The Morgan fingerprint density at radius 3 is 2.60 bits per heavy atom. The number of hydrogen-bond acceptors (Lipinski definition) is 2. The zero-order chi connectivity index (χ0) is 14.5. The molecule has 0 fully saturated rings. The van der Waals surface area contributed by atoms with E-state index < -0.39 is 0 Å². The normalized spacial score (nSPS) is 10.3. The number of carbonyl (C=O) groups excluding carboxylic acids is 1. The minimum atomic E-state index is -0.0443. The van der Waals surface area contributed by atoms with Crippen LogP contribution in [0.4, 0.5) is 5.69 Å². The molecule has 0 aliphatic carbocycles. The number of nitrogens with one attached hydrogen (secondary N) is 1. The molecular weight excluding hydrogens is 316 g/mol. The van der Waals surface area contributed by atoms with E-state index in [9.17, 15) is 4.79 Å². The monoisotopic (exact) mass is 332 g/mol. The van der Waals surface area contributed by atoms with Crippen LogP contribution in [0, 0.1) is 6.92 Å². The van der Waals surface area contributed by atoms with Crippen LogP contribution < -0.4 is 11.1 Å². The largest absolute Gasteiger partial charge is 0.326 e. The molecule has 4 heteroatoms. The Labute approximate surface area is 127 Å². The van der Waals surface area contributed by atoms with Crippen molar-refractivity contribution in [2.75, 3.05) is 5.32 Å². The third kappa shape index (κ3) is 3.68. The molecule has 0 aliphatic heterocycles. The highest BCUT2D eigenvalue weighted by Gasteiger charge is 2.09. The van der Waals surface area contributed by atoms with Crippen LogP contribution in [0.15, 0.2) is 46.9 Å². The van der Waals surface area contributed by atoms with E-state index in [1.165, 1.54) is 0 Å². The molecule has 20 heavy (non-hydrogen) atoms. The zero-order valence-electron chi connectivity index (χ0n) is 11.3. The van der Waals surface area contributed by atoms with Gasteiger partial charge in [-0.1, -0.05) is 30.3 Å². The third-order valence-corrected chi connectivity index (χ3v) is 3.78. The molecule has 0 aromatic heterocycles. The maximum Gasteiger partial charge on any atom is 0.228 e.